The molecule has 0 aliphatic rings. The monoisotopic (exact) mass is 383 g/mol. The van der Waals surface area contributed by atoms with E-state index in [2.05, 4.69) is 27.3 Å². The van der Waals surface area contributed by atoms with Crippen LogP contribution < -0.4 is 4.72 Å². The van der Waals surface area contributed by atoms with Crippen LogP contribution in [0, 0.1) is 9.49 Å². The van der Waals surface area contributed by atoms with Crippen molar-refractivity contribution in [3.8, 4) is 0 Å². The maximum absolute atomic E-state index is 12.1. The molecule has 0 aliphatic carbocycles. The van der Waals surface area contributed by atoms with Gasteiger partial charge in [-0.1, -0.05) is 13.8 Å². The third kappa shape index (κ3) is 4.83. The molecule has 0 aromatic heterocycles. The summed E-state index contributed by atoms with van der Waals surface area (Å²) in [5, 5.41) is 9.20. The fraction of sp³-hybridized carbons (Fsp3) is 0.500. The van der Waals surface area contributed by atoms with Crippen molar-refractivity contribution >= 4 is 32.6 Å². The molecule has 1 aromatic carbocycles. The molecule has 0 amide bonds. The fourth-order valence-electron chi connectivity index (χ4n) is 1.63. The van der Waals surface area contributed by atoms with Crippen molar-refractivity contribution in [2.45, 2.75) is 31.2 Å². The summed E-state index contributed by atoms with van der Waals surface area (Å²) >= 11 is 2.12. The van der Waals surface area contributed by atoms with Crippen molar-refractivity contribution in [3.63, 3.8) is 0 Å². The number of benzene rings is 1. The van der Waals surface area contributed by atoms with Crippen molar-refractivity contribution in [1.29, 1.82) is 0 Å². The molecule has 0 radical (unpaired) electrons. The average molecular weight is 383 g/mol. The van der Waals surface area contributed by atoms with Crippen LogP contribution >= 0.6 is 22.6 Å². The topological polar surface area (TPSA) is 66.4 Å². The van der Waals surface area contributed by atoms with Crippen molar-refractivity contribution in [2.24, 2.45) is 5.92 Å². The number of hydrogen-bond acceptors (Lipinski definition) is 3. The largest absolute Gasteiger partial charge is 0.395 e. The van der Waals surface area contributed by atoms with E-state index >= 15 is 0 Å². The molecular weight excluding hydrogens is 365 g/mol. The summed E-state index contributed by atoms with van der Waals surface area (Å²) < 4.78 is 27.6. The predicted octanol–water partition coefficient (Wildman–Crippen LogP) is 1.98. The third-order valence-corrected chi connectivity index (χ3v) is 4.68. The molecule has 0 saturated carbocycles. The molecule has 0 spiro atoms. The van der Waals surface area contributed by atoms with E-state index in [4.69, 9.17) is 0 Å². The smallest absolute Gasteiger partial charge is 0.240 e. The van der Waals surface area contributed by atoms with Crippen molar-refractivity contribution in [2.75, 3.05) is 6.61 Å². The molecule has 0 fully saturated rings. The molecule has 1 aromatic rings. The van der Waals surface area contributed by atoms with Gasteiger partial charge in [-0.2, -0.15) is 0 Å². The predicted molar refractivity (Wildman–Crippen MR) is 79.8 cm³/mol. The second-order valence-electron chi connectivity index (χ2n) is 4.58. The number of halogens is 1. The van der Waals surface area contributed by atoms with E-state index in [1.165, 1.54) is 0 Å². The third-order valence-electron chi connectivity index (χ3n) is 2.42. The summed E-state index contributed by atoms with van der Waals surface area (Å²) in [6.07, 6.45) is 0.611. The first-order valence-corrected chi connectivity index (χ1v) is 8.30. The molecule has 0 bridgehead atoms. The van der Waals surface area contributed by atoms with Gasteiger partial charge < -0.3 is 5.11 Å². The van der Waals surface area contributed by atoms with E-state index in [9.17, 15) is 13.5 Å². The van der Waals surface area contributed by atoms with Crippen molar-refractivity contribution < 1.29 is 13.5 Å². The molecule has 18 heavy (non-hydrogen) atoms. The number of aliphatic hydroxyl groups is 1. The summed E-state index contributed by atoms with van der Waals surface area (Å²) in [6.45, 7) is 3.78. The standard InChI is InChI=1S/C12H18INO3S/c1-9(2)7-11(8-15)14-18(16,17)12-5-3-10(13)4-6-12/h3-6,9,11,14-15H,7-8H2,1-2H3. The van der Waals surface area contributed by atoms with Crippen LogP contribution in [0.3, 0.4) is 0 Å². The first-order valence-electron chi connectivity index (χ1n) is 5.74. The maximum Gasteiger partial charge on any atom is 0.240 e. The van der Waals surface area contributed by atoms with Gasteiger partial charge in [0.05, 0.1) is 11.5 Å². The number of sulfonamides is 1. The van der Waals surface area contributed by atoms with Crippen molar-refractivity contribution in [1.82, 2.24) is 4.72 Å². The Kier molecular flexibility index (Phi) is 6.03. The zero-order valence-corrected chi connectivity index (χ0v) is 13.4. The van der Waals surface area contributed by atoms with Crippen molar-refractivity contribution in [3.05, 3.63) is 27.8 Å². The lowest BCUT2D eigenvalue weighted by Crippen LogP contribution is -2.38. The zero-order valence-electron chi connectivity index (χ0n) is 10.4. The zero-order chi connectivity index (χ0) is 13.8. The first-order chi connectivity index (χ1) is 8.35. The summed E-state index contributed by atoms with van der Waals surface area (Å²) in [4.78, 5) is 0.227. The average Bonchev–Trinajstić information content (AvgIpc) is 2.27. The quantitative estimate of drug-likeness (QED) is 0.739. The SMILES string of the molecule is CC(C)CC(CO)NS(=O)(=O)c1ccc(I)cc1. The minimum atomic E-state index is -3.55. The van der Waals surface area contributed by atoms with Gasteiger partial charge in [-0.15, -0.1) is 0 Å². The second-order valence-corrected chi connectivity index (χ2v) is 7.54. The Morgan fingerprint density at radius 1 is 1.28 bits per heavy atom. The van der Waals surface area contributed by atoms with Gasteiger partial charge in [0, 0.05) is 9.61 Å². The Morgan fingerprint density at radius 2 is 1.83 bits per heavy atom. The van der Waals surface area contributed by atoms with Gasteiger partial charge in [-0.05, 0) is 59.2 Å². The van der Waals surface area contributed by atoms with E-state index in [0.29, 0.717) is 12.3 Å². The van der Waals surface area contributed by atoms with E-state index < -0.39 is 16.1 Å². The Morgan fingerprint density at radius 3 is 2.28 bits per heavy atom. The Hall–Kier alpha value is -0.180. The Bertz CT molecular complexity index is 471. The first kappa shape index (κ1) is 15.9. The molecule has 1 unspecified atom stereocenters. The van der Waals surface area contributed by atoms with Gasteiger partial charge in [0.25, 0.3) is 0 Å². The Labute approximate surface area is 122 Å². The summed E-state index contributed by atoms with van der Waals surface area (Å²) in [7, 11) is -3.55. The molecule has 0 heterocycles. The molecule has 4 nitrogen and oxygen atoms in total. The van der Waals surface area contributed by atoms with Gasteiger partial charge >= 0.3 is 0 Å². The van der Waals surface area contributed by atoms with Crippen LogP contribution in [0.1, 0.15) is 20.3 Å². The van der Waals surface area contributed by atoms with E-state index in [1.54, 1.807) is 24.3 Å². The normalized spacial score (nSPS) is 13.8. The van der Waals surface area contributed by atoms with Crippen LogP contribution in [0.25, 0.3) is 0 Å². The number of rotatable bonds is 6. The van der Waals surface area contributed by atoms with E-state index in [1.807, 2.05) is 13.8 Å². The van der Waals surface area contributed by atoms with Crippen LogP contribution in [0.5, 0.6) is 0 Å². The number of hydrogen-bond donors (Lipinski definition) is 2. The molecule has 0 aliphatic heterocycles. The van der Waals surface area contributed by atoms with Crippen LogP contribution in [0.4, 0.5) is 0 Å². The van der Waals surface area contributed by atoms with Crippen LogP contribution in [-0.4, -0.2) is 26.2 Å². The minimum absolute atomic E-state index is 0.193. The fourth-order valence-corrected chi connectivity index (χ4v) is 3.23. The summed E-state index contributed by atoms with van der Waals surface area (Å²) in [5.41, 5.74) is 0. The summed E-state index contributed by atoms with van der Waals surface area (Å²) in [5.74, 6) is 0.321. The molecule has 0 saturated heterocycles. The number of aliphatic hydroxyl groups excluding tert-OH is 1. The maximum atomic E-state index is 12.1. The highest BCUT2D eigenvalue weighted by molar-refractivity contribution is 14.1. The highest BCUT2D eigenvalue weighted by atomic mass is 127. The molecule has 1 rings (SSSR count). The summed E-state index contributed by atoms with van der Waals surface area (Å²) in [6, 6.07) is 6.17. The van der Waals surface area contributed by atoms with Crippen LogP contribution in [0.2, 0.25) is 0 Å². The molecular formula is C12H18INO3S. The van der Waals surface area contributed by atoms with Gasteiger partial charge in [0.2, 0.25) is 10.0 Å². The second kappa shape index (κ2) is 6.83. The van der Waals surface area contributed by atoms with E-state index in [0.717, 1.165) is 3.57 Å². The van der Waals surface area contributed by atoms with Gasteiger partial charge in [-0.3, -0.25) is 0 Å². The minimum Gasteiger partial charge on any atom is -0.395 e. The number of nitrogens with one attached hydrogen (secondary N) is 1. The molecule has 102 valence electrons. The van der Waals surface area contributed by atoms with Gasteiger partial charge in [0.15, 0.2) is 0 Å². The lowest BCUT2D eigenvalue weighted by molar-refractivity contribution is 0.240. The highest BCUT2D eigenvalue weighted by Crippen LogP contribution is 2.14. The molecule has 2 N–H and O–H groups in total. The molecule has 6 heteroatoms. The van der Waals surface area contributed by atoms with Crippen LogP contribution in [0.15, 0.2) is 29.2 Å². The lowest BCUT2D eigenvalue weighted by atomic mass is 10.1. The van der Waals surface area contributed by atoms with E-state index in [-0.39, 0.29) is 11.5 Å². The van der Waals surface area contributed by atoms with Crippen LogP contribution in [-0.2, 0) is 10.0 Å². The highest BCUT2D eigenvalue weighted by Gasteiger charge is 2.20. The van der Waals surface area contributed by atoms with Gasteiger partial charge in [0.1, 0.15) is 0 Å². The van der Waals surface area contributed by atoms with Gasteiger partial charge in [-0.25, -0.2) is 13.1 Å². The Balaban J connectivity index is 2.83. The lowest BCUT2D eigenvalue weighted by Gasteiger charge is -2.18. The molecule has 1 atom stereocenters.